The molecule has 0 amide bonds. The smallest absolute Gasteiger partial charge is 0.339 e. The Morgan fingerprint density at radius 2 is 1.96 bits per heavy atom. The largest absolute Gasteiger partial charge is 0.465 e. The van der Waals surface area contributed by atoms with Crippen molar-refractivity contribution in [2.75, 3.05) is 12.4 Å². The van der Waals surface area contributed by atoms with Crippen molar-refractivity contribution in [3.05, 3.63) is 64.7 Å². The summed E-state index contributed by atoms with van der Waals surface area (Å²) >= 11 is 11.4. The molecule has 1 atom stereocenters. The molecule has 0 aliphatic heterocycles. The molecule has 0 spiro atoms. The number of benzene rings is 2. The molecule has 0 unspecified atom stereocenters. The first kappa shape index (κ1) is 18.2. The Labute approximate surface area is 152 Å². The van der Waals surface area contributed by atoms with Crippen molar-refractivity contribution in [3.63, 3.8) is 0 Å². The van der Waals surface area contributed by atoms with Crippen LogP contribution in [0.4, 0.5) is 5.69 Å². The Hall–Kier alpha value is -2.11. The summed E-state index contributed by atoms with van der Waals surface area (Å²) in [6.45, 7) is 2.09. The summed E-state index contributed by atoms with van der Waals surface area (Å²) in [7, 11) is 1.32. The average Bonchev–Trinajstić information content (AvgIpc) is 2.61. The first-order valence-electron chi connectivity index (χ1n) is 7.55. The summed E-state index contributed by atoms with van der Waals surface area (Å²) in [5.41, 5.74) is 2.12. The lowest BCUT2D eigenvalue weighted by Gasteiger charge is -2.20. The fourth-order valence-electron chi connectivity index (χ4n) is 2.30. The van der Waals surface area contributed by atoms with Crippen LogP contribution in [0.3, 0.4) is 0 Å². The summed E-state index contributed by atoms with van der Waals surface area (Å²) in [5, 5.41) is 7.17. The molecule has 2 rings (SSSR count). The highest BCUT2D eigenvalue weighted by Crippen LogP contribution is 2.22. The summed E-state index contributed by atoms with van der Waals surface area (Å²) in [6.07, 6.45) is 0.889. The fraction of sp³-hybridized carbons (Fsp3) is 0.222. The van der Waals surface area contributed by atoms with E-state index in [1.54, 1.807) is 18.2 Å². The maximum Gasteiger partial charge on any atom is 0.339 e. The third kappa shape index (κ3) is 4.69. The lowest BCUT2D eigenvalue weighted by atomic mass is 10.1. The van der Waals surface area contributed by atoms with E-state index in [1.807, 2.05) is 18.2 Å². The molecule has 0 heterocycles. The molecule has 0 aliphatic rings. The quantitative estimate of drug-likeness (QED) is 0.603. The fourth-order valence-corrected chi connectivity index (χ4v) is 2.76. The molecule has 6 heteroatoms. The van der Waals surface area contributed by atoms with E-state index in [4.69, 9.17) is 28.6 Å². The molecular weight excluding hydrogens is 344 g/mol. The first-order chi connectivity index (χ1) is 11.5. The number of carbonyl (C=O) groups is 1. The van der Waals surface area contributed by atoms with Crippen molar-refractivity contribution < 1.29 is 9.53 Å². The van der Waals surface area contributed by atoms with Crippen molar-refractivity contribution in [1.29, 1.82) is 0 Å². The molecule has 0 aromatic heterocycles. The van der Waals surface area contributed by atoms with Crippen molar-refractivity contribution in [2.45, 2.75) is 19.4 Å². The molecule has 2 aromatic carbocycles. The Kier molecular flexibility index (Phi) is 6.58. The zero-order chi connectivity index (χ0) is 17.5. The van der Waals surface area contributed by atoms with Gasteiger partial charge in [0.05, 0.1) is 23.7 Å². The molecule has 0 bridgehead atoms. The number of hydrogen-bond donors (Lipinski definition) is 2. The van der Waals surface area contributed by atoms with Gasteiger partial charge in [-0.25, -0.2) is 4.79 Å². The van der Waals surface area contributed by atoms with Crippen LogP contribution in [0.2, 0.25) is 5.02 Å². The van der Waals surface area contributed by atoms with Gasteiger partial charge in [0.2, 0.25) is 0 Å². The zero-order valence-electron chi connectivity index (χ0n) is 13.5. The van der Waals surface area contributed by atoms with Gasteiger partial charge in [-0.1, -0.05) is 48.9 Å². The SMILES string of the molecule is CC[C@H](NC(=S)Nc1ccc(Cl)c(C(=O)OC)c1)c1ccccc1. The number of hydrogen-bond acceptors (Lipinski definition) is 3. The van der Waals surface area contributed by atoms with E-state index in [-0.39, 0.29) is 6.04 Å². The van der Waals surface area contributed by atoms with E-state index in [0.29, 0.717) is 21.4 Å². The van der Waals surface area contributed by atoms with Crippen molar-refractivity contribution >= 4 is 40.6 Å². The molecule has 4 nitrogen and oxygen atoms in total. The van der Waals surface area contributed by atoms with Crippen molar-refractivity contribution in [2.24, 2.45) is 0 Å². The van der Waals surface area contributed by atoms with Gasteiger partial charge >= 0.3 is 5.97 Å². The molecule has 0 radical (unpaired) electrons. The number of esters is 1. The van der Waals surface area contributed by atoms with Gasteiger partial charge < -0.3 is 15.4 Å². The number of methoxy groups -OCH3 is 1. The number of nitrogens with one attached hydrogen (secondary N) is 2. The number of anilines is 1. The second-order valence-electron chi connectivity index (χ2n) is 5.16. The van der Waals surface area contributed by atoms with Gasteiger partial charge in [-0.3, -0.25) is 0 Å². The number of thiocarbonyl (C=S) groups is 1. The van der Waals surface area contributed by atoms with Crippen LogP contribution in [0.25, 0.3) is 0 Å². The molecule has 0 saturated heterocycles. The highest BCUT2D eigenvalue weighted by atomic mass is 35.5. The number of halogens is 1. The second-order valence-corrected chi connectivity index (χ2v) is 5.97. The Morgan fingerprint density at radius 1 is 1.25 bits per heavy atom. The van der Waals surface area contributed by atoms with E-state index < -0.39 is 5.97 Å². The summed E-state index contributed by atoms with van der Waals surface area (Å²) in [6, 6.07) is 15.2. The van der Waals surface area contributed by atoms with Crippen molar-refractivity contribution in [1.82, 2.24) is 5.32 Å². The molecule has 126 valence electrons. The third-order valence-electron chi connectivity index (χ3n) is 3.55. The number of ether oxygens (including phenoxy) is 1. The zero-order valence-corrected chi connectivity index (χ0v) is 15.1. The molecule has 0 fully saturated rings. The standard InChI is InChI=1S/C18H19ClN2O2S/c1-3-16(12-7-5-4-6-8-12)21-18(24)20-13-9-10-15(19)14(11-13)17(22)23-2/h4-11,16H,3H2,1-2H3,(H2,20,21,24)/t16-/m0/s1. The Bertz CT molecular complexity index is 722. The topological polar surface area (TPSA) is 50.4 Å². The monoisotopic (exact) mass is 362 g/mol. The maximum atomic E-state index is 11.7. The normalized spacial score (nSPS) is 11.5. The summed E-state index contributed by atoms with van der Waals surface area (Å²) in [5.74, 6) is -0.488. The first-order valence-corrected chi connectivity index (χ1v) is 8.34. The highest BCUT2D eigenvalue weighted by Gasteiger charge is 2.13. The molecule has 0 aliphatic carbocycles. The van der Waals surface area contributed by atoms with Gasteiger partial charge in [0.1, 0.15) is 0 Å². The summed E-state index contributed by atoms with van der Waals surface area (Å²) in [4.78, 5) is 11.7. The van der Waals surface area contributed by atoms with E-state index in [9.17, 15) is 4.79 Å². The Morgan fingerprint density at radius 3 is 2.58 bits per heavy atom. The van der Waals surface area contributed by atoms with Gasteiger partial charge in [0, 0.05) is 5.69 Å². The highest BCUT2D eigenvalue weighted by molar-refractivity contribution is 7.80. The van der Waals surface area contributed by atoms with Gasteiger partial charge in [-0.05, 0) is 42.4 Å². The van der Waals surface area contributed by atoms with Crippen LogP contribution in [0.15, 0.2) is 48.5 Å². The maximum absolute atomic E-state index is 11.7. The Balaban J connectivity index is 2.08. The van der Waals surface area contributed by atoms with E-state index in [2.05, 4.69) is 29.7 Å². The lowest BCUT2D eigenvalue weighted by Crippen LogP contribution is -2.32. The molecule has 24 heavy (non-hydrogen) atoms. The number of carbonyl (C=O) groups excluding carboxylic acids is 1. The minimum atomic E-state index is -0.488. The van der Waals surface area contributed by atoms with Crippen LogP contribution < -0.4 is 10.6 Å². The second kappa shape index (κ2) is 8.66. The van der Waals surface area contributed by atoms with Gasteiger partial charge in [0.15, 0.2) is 5.11 Å². The predicted molar refractivity (Wildman–Crippen MR) is 102 cm³/mol. The van der Waals surface area contributed by atoms with Crippen molar-refractivity contribution in [3.8, 4) is 0 Å². The minimum absolute atomic E-state index is 0.110. The molecule has 2 aromatic rings. The van der Waals surface area contributed by atoms with Crippen LogP contribution in [-0.2, 0) is 4.74 Å². The third-order valence-corrected chi connectivity index (χ3v) is 4.09. The van der Waals surface area contributed by atoms with Crippen LogP contribution >= 0.6 is 23.8 Å². The van der Waals surface area contributed by atoms with Crippen LogP contribution in [-0.4, -0.2) is 18.2 Å². The van der Waals surface area contributed by atoms with Gasteiger partial charge in [-0.15, -0.1) is 0 Å². The predicted octanol–water partition coefficient (Wildman–Crippen LogP) is 4.56. The average molecular weight is 363 g/mol. The van der Waals surface area contributed by atoms with Gasteiger partial charge in [0.25, 0.3) is 0 Å². The van der Waals surface area contributed by atoms with Crippen LogP contribution in [0, 0.1) is 0 Å². The lowest BCUT2D eigenvalue weighted by molar-refractivity contribution is 0.0601. The number of rotatable bonds is 5. The minimum Gasteiger partial charge on any atom is -0.465 e. The molecular formula is C18H19ClN2O2S. The van der Waals surface area contributed by atoms with Crippen LogP contribution in [0.1, 0.15) is 35.3 Å². The summed E-state index contributed by atoms with van der Waals surface area (Å²) < 4.78 is 4.72. The van der Waals surface area contributed by atoms with Gasteiger partial charge in [-0.2, -0.15) is 0 Å². The van der Waals surface area contributed by atoms with Crippen LogP contribution in [0.5, 0.6) is 0 Å². The van der Waals surface area contributed by atoms with E-state index >= 15 is 0 Å². The van der Waals surface area contributed by atoms with E-state index in [0.717, 1.165) is 12.0 Å². The van der Waals surface area contributed by atoms with E-state index in [1.165, 1.54) is 7.11 Å². The molecule has 0 saturated carbocycles. The molecule has 2 N–H and O–H groups in total.